The number of carbonyl (C=O) groups excluding carboxylic acids is 1. The molecule has 2 aromatic rings. The van der Waals surface area contributed by atoms with Crippen molar-refractivity contribution in [3.63, 3.8) is 0 Å². The molecule has 0 aliphatic carbocycles. The summed E-state index contributed by atoms with van der Waals surface area (Å²) in [5.41, 5.74) is -0.901. The van der Waals surface area contributed by atoms with E-state index in [1.807, 2.05) is 0 Å². The number of nitrogens with zero attached hydrogens (tertiary/aromatic N) is 2. The molecule has 0 aliphatic heterocycles. The summed E-state index contributed by atoms with van der Waals surface area (Å²) >= 11 is 5.90. The molecule has 0 saturated carbocycles. The molecule has 8 heteroatoms. The minimum atomic E-state index is -1.46. The fourth-order valence-corrected chi connectivity index (χ4v) is 2.05. The summed E-state index contributed by atoms with van der Waals surface area (Å²) in [4.78, 5) is 22.9. The van der Waals surface area contributed by atoms with Crippen molar-refractivity contribution >= 4 is 29.7 Å². The van der Waals surface area contributed by atoms with E-state index in [0.29, 0.717) is 12.1 Å². The number of hydrogen-bond acceptors (Lipinski definition) is 3. The van der Waals surface area contributed by atoms with Crippen molar-refractivity contribution in [3.05, 3.63) is 69.7 Å². The predicted molar refractivity (Wildman–Crippen MR) is 84.5 cm³/mol. The maximum atomic E-state index is 13.8. The molecule has 0 bridgehead atoms. The highest BCUT2D eigenvalue weighted by atomic mass is 35.5. The summed E-state index contributed by atoms with van der Waals surface area (Å²) in [5, 5.41) is 13.5. The van der Waals surface area contributed by atoms with Gasteiger partial charge in [-0.25, -0.2) is 18.6 Å². The summed E-state index contributed by atoms with van der Waals surface area (Å²) in [6.07, 6.45) is 0.797. The van der Waals surface area contributed by atoms with Crippen LogP contribution in [-0.4, -0.2) is 35.3 Å². The van der Waals surface area contributed by atoms with Crippen LogP contribution in [0.25, 0.3) is 0 Å². The summed E-state index contributed by atoms with van der Waals surface area (Å²) in [5.74, 6) is -4.23. The van der Waals surface area contributed by atoms with Gasteiger partial charge in [0.2, 0.25) is 0 Å². The van der Waals surface area contributed by atoms with E-state index < -0.39 is 34.6 Å². The molecule has 1 N–H and O–H groups in total. The lowest BCUT2D eigenvalue weighted by atomic mass is 10.1. The lowest BCUT2D eigenvalue weighted by Crippen LogP contribution is -2.22. The maximum Gasteiger partial charge on any atom is 0.335 e. The third-order valence-corrected chi connectivity index (χ3v) is 3.41. The van der Waals surface area contributed by atoms with Crippen molar-refractivity contribution in [1.29, 1.82) is 0 Å². The largest absolute Gasteiger partial charge is 0.478 e. The second kappa shape index (κ2) is 7.18. The fourth-order valence-electron chi connectivity index (χ4n) is 1.84. The first-order valence-electron chi connectivity index (χ1n) is 6.60. The Bertz CT molecular complexity index is 817. The van der Waals surface area contributed by atoms with Gasteiger partial charge in [0.15, 0.2) is 0 Å². The van der Waals surface area contributed by atoms with E-state index in [-0.39, 0.29) is 10.6 Å². The minimum absolute atomic E-state index is 0.181. The first-order chi connectivity index (χ1) is 11.3. The van der Waals surface area contributed by atoms with Crippen LogP contribution in [0, 0.1) is 11.6 Å². The Hall–Kier alpha value is -2.80. The number of benzene rings is 2. The third-order valence-electron chi connectivity index (χ3n) is 3.08. The molecule has 124 valence electrons. The molecule has 0 aliphatic rings. The van der Waals surface area contributed by atoms with Crippen LogP contribution in [0.3, 0.4) is 0 Å². The van der Waals surface area contributed by atoms with Crippen LogP contribution in [0.5, 0.6) is 0 Å². The normalized spacial score (nSPS) is 10.8. The molecule has 5 nitrogen and oxygen atoms in total. The molecular weight excluding hydrogens is 342 g/mol. The molecule has 2 rings (SSSR count). The van der Waals surface area contributed by atoms with Crippen LogP contribution < -0.4 is 0 Å². The lowest BCUT2D eigenvalue weighted by Gasteiger charge is -2.12. The van der Waals surface area contributed by atoms with Crippen LogP contribution in [0.4, 0.5) is 8.78 Å². The zero-order valence-corrected chi connectivity index (χ0v) is 13.1. The van der Waals surface area contributed by atoms with Gasteiger partial charge in [0, 0.05) is 7.05 Å². The van der Waals surface area contributed by atoms with Crippen LogP contribution >= 0.6 is 11.6 Å². The molecule has 0 atom stereocenters. The highest BCUT2D eigenvalue weighted by molar-refractivity contribution is 6.33. The van der Waals surface area contributed by atoms with Crippen molar-refractivity contribution in [2.75, 3.05) is 7.05 Å². The average molecular weight is 353 g/mol. The molecular formula is C16H11ClF2N2O3. The minimum Gasteiger partial charge on any atom is -0.478 e. The number of rotatable bonds is 4. The highest BCUT2D eigenvalue weighted by Crippen LogP contribution is 2.17. The number of carboxylic acid groups (broad SMARTS) is 1. The van der Waals surface area contributed by atoms with Gasteiger partial charge < -0.3 is 5.11 Å². The van der Waals surface area contributed by atoms with Gasteiger partial charge in [0.05, 0.1) is 27.9 Å². The second-order valence-electron chi connectivity index (χ2n) is 4.71. The summed E-state index contributed by atoms with van der Waals surface area (Å²) < 4.78 is 27.6. The van der Waals surface area contributed by atoms with E-state index in [0.717, 1.165) is 11.2 Å². The second-order valence-corrected chi connectivity index (χ2v) is 5.12. The van der Waals surface area contributed by atoms with Gasteiger partial charge in [-0.15, -0.1) is 0 Å². The van der Waals surface area contributed by atoms with Crippen LogP contribution in [-0.2, 0) is 0 Å². The van der Waals surface area contributed by atoms with Crippen molar-refractivity contribution in [3.8, 4) is 0 Å². The highest BCUT2D eigenvalue weighted by Gasteiger charge is 2.16. The van der Waals surface area contributed by atoms with Crippen LogP contribution in [0.1, 0.15) is 26.3 Å². The van der Waals surface area contributed by atoms with E-state index in [2.05, 4.69) is 5.10 Å². The molecule has 1 amide bonds. The quantitative estimate of drug-likeness (QED) is 0.677. The van der Waals surface area contributed by atoms with Crippen molar-refractivity contribution < 1.29 is 23.5 Å². The standard InChI is InChI=1S/C16H11ClF2N2O3/c1-21(15(22)10-4-2-3-5-12(10)17)20-8-11-13(18)6-9(16(23)24)7-14(11)19/h2-8H,1H3,(H,23,24)/b20-8+. The van der Waals surface area contributed by atoms with E-state index >= 15 is 0 Å². The molecule has 0 unspecified atom stereocenters. The average Bonchev–Trinajstić information content (AvgIpc) is 2.53. The zero-order chi connectivity index (χ0) is 17.9. The Balaban J connectivity index is 2.26. The first-order valence-corrected chi connectivity index (χ1v) is 6.98. The first kappa shape index (κ1) is 17.6. The molecule has 24 heavy (non-hydrogen) atoms. The van der Waals surface area contributed by atoms with Gasteiger partial charge in [-0.05, 0) is 24.3 Å². The SMILES string of the molecule is CN(/N=C/c1c(F)cc(C(=O)O)cc1F)C(=O)c1ccccc1Cl. The monoisotopic (exact) mass is 352 g/mol. The van der Waals surface area contributed by atoms with Gasteiger partial charge in [0.1, 0.15) is 11.6 Å². The Morgan fingerprint density at radius 1 is 1.21 bits per heavy atom. The topological polar surface area (TPSA) is 70.0 Å². The molecule has 0 radical (unpaired) electrons. The molecule has 2 aromatic carbocycles. The Morgan fingerprint density at radius 3 is 2.33 bits per heavy atom. The summed E-state index contributed by atoms with van der Waals surface area (Å²) in [7, 11) is 1.30. The Labute approximate surface area is 140 Å². The predicted octanol–water partition coefficient (Wildman–Crippen LogP) is 3.42. The molecule has 0 heterocycles. The third kappa shape index (κ3) is 3.75. The van der Waals surface area contributed by atoms with E-state index in [4.69, 9.17) is 16.7 Å². The van der Waals surface area contributed by atoms with E-state index in [9.17, 15) is 18.4 Å². The van der Waals surface area contributed by atoms with Crippen LogP contribution in [0.15, 0.2) is 41.5 Å². The van der Waals surface area contributed by atoms with Crippen molar-refractivity contribution in [2.24, 2.45) is 5.10 Å². The number of halogens is 3. The van der Waals surface area contributed by atoms with Gasteiger partial charge >= 0.3 is 5.97 Å². The summed E-state index contributed by atoms with van der Waals surface area (Å²) in [6.45, 7) is 0. The number of carbonyl (C=O) groups is 2. The van der Waals surface area contributed by atoms with Gasteiger partial charge in [0.25, 0.3) is 5.91 Å². The fraction of sp³-hybridized carbons (Fsp3) is 0.0625. The smallest absolute Gasteiger partial charge is 0.335 e. The maximum absolute atomic E-state index is 13.8. The van der Waals surface area contributed by atoms with Crippen molar-refractivity contribution in [1.82, 2.24) is 5.01 Å². The number of carboxylic acids is 1. The van der Waals surface area contributed by atoms with E-state index in [1.54, 1.807) is 12.1 Å². The molecule has 0 saturated heterocycles. The zero-order valence-electron chi connectivity index (χ0n) is 12.3. The molecule has 0 fully saturated rings. The van der Waals surface area contributed by atoms with Crippen LogP contribution in [0.2, 0.25) is 5.02 Å². The van der Waals surface area contributed by atoms with Gasteiger partial charge in [-0.3, -0.25) is 4.79 Å². The number of hydrogen-bond donors (Lipinski definition) is 1. The van der Waals surface area contributed by atoms with E-state index in [1.165, 1.54) is 19.2 Å². The lowest BCUT2D eigenvalue weighted by molar-refractivity contribution is 0.0695. The number of hydrazone groups is 1. The summed E-state index contributed by atoms with van der Waals surface area (Å²) in [6, 6.07) is 7.61. The molecule has 0 aromatic heterocycles. The molecule has 0 spiro atoms. The Kier molecular flexibility index (Phi) is 5.25. The Morgan fingerprint density at radius 2 is 1.79 bits per heavy atom. The number of aromatic carboxylic acids is 1. The number of amides is 1. The van der Waals surface area contributed by atoms with Gasteiger partial charge in [-0.1, -0.05) is 23.7 Å². The van der Waals surface area contributed by atoms with Crippen molar-refractivity contribution in [2.45, 2.75) is 0 Å². The van der Waals surface area contributed by atoms with Gasteiger partial charge in [-0.2, -0.15) is 5.10 Å².